The molecule has 0 aliphatic rings. The zero-order valence-electron chi connectivity index (χ0n) is 15.1. The van der Waals surface area contributed by atoms with Crippen molar-refractivity contribution >= 4 is 38.6 Å². The van der Waals surface area contributed by atoms with Crippen LogP contribution in [0.2, 0.25) is 0 Å². The van der Waals surface area contributed by atoms with Gasteiger partial charge in [0.2, 0.25) is 5.91 Å². The monoisotopic (exact) mass is 432 g/mol. The van der Waals surface area contributed by atoms with Gasteiger partial charge in [0.25, 0.3) is 5.91 Å². The first-order valence-corrected chi connectivity index (χ1v) is 9.05. The van der Waals surface area contributed by atoms with Gasteiger partial charge in [-0.05, 0) is 37.3 Å². The summed E-state index contributed by atoms with van der Waals surface area (Å²) in [6, 6.07) is 9.79. The maximum atomic E-state index is 14.3. The molecule has 0 saturated carbocycles. The summed E-state index contributed by atoms with van der Waals surface area (Å²) < 4.78 is 21.8. The first-order valence-electron chi connectivity index (χ1n) is 8.25. The van der Waals surface area contributed by atoms with E-state index >= 15 is 0 Å². The number of aromatic nitrogens is 1. The number of benzene rings is 2. The lowest BCUT2D eigenvalue weighted by Gasteiger charge is -2.08. The SMILES string of the molecule is COc1cc2c(CNC(C)=O)c(C)n(C(=O)c3ccc(Br)cc3)c2cc1F. The number of methoxy groups -OCH3 is 1. The van der Waals surface area contributed by atoms with Gasteiger partial charge in [0.15, 0.2) is 11.6 Å². The first-order chi connectivity index (χ1) is 12.8. The van der Waals surface area contributed by atoms with Crippen LogP contribution in [0, 0.1) is 12.7 Å². The molecule has 0 aliphatic heterocycles. The molecule has 0 unspecified atom stereocenters. The third-order valence-corrected chi connectivity index (χ3v) is 4.95. The molecule has 5 nitrogen and oxygen atoms in total. The molecule has 0 radical (unpaired) electrons. The molecular weight excluding hydrogens is 415 g/mol. The minimum absolute atomic E-state index is 0.0832. The summed E-state index contributed by atoms with van der Waals surface area (Å²) in [5.41, 5.74) is 2.28. The van der Waals surface area contributed by atoms with Crippen LogP contribution >= 0.6 is 15.9 Å². The van der Waals surface area contributed by atoms with Crippen molar-refractivity contribution in [2.24, 2.45) is 0 Å². The highest BCUT2D eigenvalue weighted by Crippen LogP contribution is 2.32. The molecule has 3 aromatic rings. The number of nitrogens with one attached hydrogen (secondary N) is 1. The normalized spacial score (nSPS) is 10.9. The molecule has 0 atom stereocenters. The molecule has 2 aromatic carbocycles. The van der Waals surface area contributed by atoms with Gasteiger partial charge in [-0.2, -0.15) is 0 Å². The smallest absolute Gasteiger partial charge is 0.262 e. The van der Waals surface area contributed by atoms with E-state index in [-0.39, 0.29) is 24.1 Å². The molecule has 0 fully saturated rings. The van der Waals surface area contributed by atoms with Crippen LogP contribution in [0.5, 0.6) is 5.75 Å². The van der Waals surface area contributed by atoms with E-state index < -0.39 is 5.82 Å². The van der Waals surface area contributed by atoms with E-state index in [1.54, 1.807) is 37.3 Å². The van der Waals surface area contributed by atoms with E-state index in [1.165, 1.54) is 24.7 Å². The molecule has 0 bridgehead atoms. The van der Waals surface area contributed by atoms with Crippen molar-refractivity contribution in [2.75, 3.05) is 7.11 Å². The minimum atomic E-state index is -0.557. The number of hydrogen-bond donors (Lipinski definition) is 1. The van der Waals surface area contributed by atoms with Gasteiger partial charge in [-0.1, -0.05) is 15.9 Å². The number of carbonyl (C=O) groups is 2. The van der Waals surface area contributed by atoms with Gasteiger partial charge in [0.05, 0.1) is 12.6 Å². The molecule has 140 valence electrons. The van der Waals surface area contributed by atoms with Crippen molar-refractivity contribution in [3.8, 4) is 5.75 Å². The lowest BCUT2D eigenvalue weighted by molar-refractivity contribution is -0.119. The van der Waals surface area contributed by atoms with Gasteiger partial charge >= 0.3 is 0 Å². The lowest BCUT2D eigenvalue weighted by Crippen LogP contribution is -2.20. The summed E-state index contributed by atoms with van der Waals surface area (Å²) in [7, 11) is 1.38. The van der Waals surface area contributed by atoms with Gasteiger partial charge < -0.3 is 10.1 Å². The quantitative estimate of drug-likeness (QED) is 0.672. The molecule has 0 aliphatic carbocycles. The highest BCUT2D eigenvalue weighted by Gasteiger charge is 2.22. The van der Waals surface area contributed by atoms with Gasteiger partial charge in [0.1, 0.15) is 0 Å². The van der Waals surface area contributed by atoms with Crippen LogP contribution in [-0.4, -0.2) is 23.5 Å². The number of hydrogen-bond acceptors (Lipinski definition) is 3. The maximum absolute atomic E-state index is 14.3. The second kappa shape index (κ2) is 7.52. The zero-order chi connectivity index (χ0) is 19.7. The van der Waals surface area contributed by atoms with E-state index in [0.717, 1.165) is 10.0 Å². The van der Waals surface area contributed by atoms with Crippen LogP contribution in [0.4, 0.5) is 4.39 Å². The third kappa shape index (κ3) is 3.60. The number of nitrogens with zero attached hydrogens (tertiary/aromatic N) is 1. The van der Waals surface area contributed by atoms with Crippen LogP contribution in [0.3, 0.4) is 0 Å². The highest BCUT2D eigenvalue weighted by atomic mass is 79.9. The van der Waals surface area contributed by atoms with Crippen LogP contribution in [0.15, 0.2) is 40.9 Å². The van der Waals surface area contributed by atoms with Crippen molar-refractivity contribution in [3.63, 3.8) is 0 Å². The van der Waals surface area contributed by atoms with E-state index in [0.29, 0.717) is 22.2 Å². The molecule has 1 heterocycles. The Morgan fingerprint density at radius 1 is 1.22 bits per heavy atom. The van der Waals surface area contributed by atoms with Crippen LogP contribution in [0.25, 0.3) is 10.9 Å². The summed E-state index contributed by atoms with van der Waals surface area (Å²) in [6.45, 7) is 3.42. The van der Waals surface area contributed by atoms with E-state index in [9.17, 15) is 14.0 Å². The van der Waals surface area contributed by atoms with Crippen LogP contribution in [0.1, 0.15) is 28.5 Å². The Morgan fingerprint density at radius 2 is 1.89 bits per heavy atom. The van der Waals surface area contributed by atoms with Crippen LogP contribution in [-0.2, 0) is 11.3 Å². The van der Waals surface area contributed by atoms with E-state index in [1.807, 2.05) is 0 Å². The number of fused-ring (bicyclic) bond motifs is 1. The van der Waals surface area contributed by atoms with Gasteiger partial charge in [-0.3, -0.25) is 14.2 Å². The fourth-order valence-electron chi connectivity index (χ4n) is 3.06. The van der Waals surface area contributed by atoms with Crippen molar-refractivity contribution in [1.29, 1.82) is 0 Å². The molecule has 7 heteroatoms. The largest absolute Gasteiger partial charge is 0.494 e. The number of carbonyl (C=O) groups excluding carboxylic acids is 2. The summed E-state index contributed by atoms with van der Waals surface area (Å²) in [5, 5.41) is 3.40. The van der Waals surface area contributed by atoms with Gasteiger partial charge in [0, 0.05) is 46.2 Å². The Hall–Kier alpha value is -2.67. The Bertz CT molecular complexity index is 1040. The molecular formula is C20H18BrFN2O3. The Kier molecular flexibility index (Phi) is 5.32. The number of halogens is 2. The van der Waals surface area contributed by atoms with Gasteiger partial charge in [-0.15, -0.1) is 0 Å². The van der Waals surface area contributed by atoms with Gasteiger partial charge in [-0.25, -0.2) is 4.39 Å². The Morgan fingerprint density at radius 3 is 2.48 bits per heavy atom. The van der Waals surface area contributed by atoms with Crippen molar-refractivity contribution in [3.05, 3.63) is 63.5 Å². The highest BCUT2D eigenvalue weighted by molar-refractivity contribution is 9.10. The Balaban J connectivity index is 2.23. The van der Waals surface area contributed by atoms with Crippen LogP contribution < -0.4 is 10.1 Å². The first kappa shape index (κ1) is 19.1. The molecule has 27 heavy (non-hydrogen) atoms. The van der Waals surface area contributed by atoms with Crippen molar-refractivity contribution in [2.45, 2.75) is 20.4 Å². The zero-order valence-corrected chi connectivity index (χ0v) is 16.7. The molecule has 0 spiro atoms. The number of rotatable bonds is 4. The average Bonchev–Trinajstić information content (AvgIpc) is 2.89. The standard InChI is InChI=1S/C20H18BrFN2O3/c1-11-16(10-23-12(2)25)15-8-19(27-3)17(22)9-18(15)24(11)20(26)13-4-6-14(21)7-5-13/h4-9H,10H2,1-3H3,(H,23,25). The Labute approximate surface area is 164 Å². The maximum Gasteiger partial charge on any atom is 0.262 e. The topological polar surface area (TPSA) is 60.3 Å². The number of amides is 1. The summed E-state index contributed by atoms with van der Waals surface area (Å²) >= 11 is 3.35. The number of ether oxygens (including phenoxy) is 1. The average molecular weight is 433 g/mol. The second-order valence-electron chi connectivity index (χ2n) is 6.13. The lowest BCUT2D eigenvalue weighted by atomic mass is 10.1. The minimum Gasteiger partial charge on any atom is -0.494 e. The summed E-state index contributed by atoms with van der Waals surface area (Å²) in [6.07, 6.45) is 0. The second-order valence-corrected chi connectivity index (χ2v) is 7.04. The molecule has 3 rings (SSSR count). The van der Waals surface area contributed by atoms with E-state index in [2.05, 4.69) is 21.2 Å². The molecule has 0 saturated heterocycles. The fourth-order valence-corrected chi connectivity index (χ4v) is 3.32. The predicted molar refractivity (Wildman–Crippen MR) is 105 cm³/mol. The van der Waals surface area contributed by atoms with Crippen molar-refractivity contribution in [1.82, 2.24) is 9.88 Å². The molecule has 1 amide bonds. The molecule has 1 aromatic heterocycles. The fraction of sp³-hybridized carbons (Fsp3) is 0.200. The summed E-state index contributed by atoms with van der Waals surface area (Å²) in [5.74, 6) is -0.939. The van der Waals surface area contributed by atoms with Crippen molar-refractivity contribution < 1.29 is 18.7 Å². The molecule has 1 N–H and O–H groups in total. The summed E-state index contributed by atoms with van der Waals surface area (Å²) in [4.78, 5) is 24.5. The van der Waals surface area contributed by atoms with E-state index in [4.69, 9.17) is 4.74 Å². The third-order valence-electron chi connectivity index (χ3n) is 4.42. The predicted octanol–water partition coefficient (Wildman–Crippen LogP) is 4.18.